The molecule has 190 valence electrons. The topological polar surface area (TPSA) is 75.7 Å². The minimum atomic E-state index is -3.99. The summed E-state index contributed by atoms with van der Waals surface area (Å²) in [5, 5.41) is 3.49. The average Bonchev–Trinajstić information content (AvgIpc) is 2.90. The van der Waals surface area contributed by atoms with E-state index < -0.39 is 22.5 Å². The molecule has 4 aromatic carbocycles. The van der Waals surface area contributed by atoms with Crippen molar-refractivity contribution in [1.29, 1.82) is 0 Å². The second-order valence-electron chi connectivity index (χ2n) is 8.17. The Bertz CT molecular complexity index is 1450. The Kier molecular flexibility index (Phi) is 8.84. The van der Waals surface area contributed by atoms with Gasteiger partial charge in [-0.15, -0.1) is 0 Å². The zero-order valence-corrected chi connectivity index (χ0v) is 22.0. The number of amides is 1. The van der Waals surface area contributed by atoms with Gasteiger partial charge in [0, 0.05) is 22.3 Å². The summed E-state index contributed by atoms with van der Waals surface area (Å²) in [6, 6.07) is 29.4. The number of halogens is 2. The van der Waals surface area contributed by atoms with Crippen molar-refractivity contribution in [3.05, 3.63) is 124 Å². The van der Waals surface area contributed by atoms with Gasteiger partial charge in [0.05, 0.1) is 11.4 Å². The third-order valence-electron chi connectivity index (χ3n) is 5.45. The molecule has 6 nitrogen and oxygen atoms in total. The van der Waals surface area contributed by atoms with Crippen LogP contribution in [0.4, 0.5) is 5.69 Å². The Morgan fingerprint density at radius 2 is 1.49 bits per heavy atom. The van der Waals surface area contributed by atoms with E-state index in [2.05, 4.69) is 5.32 Å². The van der Waals surface area contributed by atoms with Crippen LogP contribution in [0.3, 0.4) is 0 Å². The number of benzene rings is 4. The number of ether oxygens (including phenoxy) is 1. The maximum atomic E-state index is 13.4. The molecular formula is C28H24Cl2N2O4S. The Balaban J connectivity index is 1.46. The molecule has 0 aliphatic heterocycles. The van der Waals surface area contributed by atoms with E-state index in [9.17, 15) is 13.2 Å². The smallest absolute Gasteiger partial charge is 0.243 e. The van der Waals surface area contributed by atoms with Gasteiger partial charge in [0.1, 0.15) is 12.4 Å². The van der Waals surface area contributed by atoms with Crippen molar-refractivity contribution < 1.29 is 17.9 Å². The Labute approximate surface area is 226 Å². The van der Waals surface area contributed by atoms with Crippen molar-refractivity contribution in [2.75, 3.05) is 11.9 Å². The van der Waals surface area contributed by atoms with Crippen LogP contribution in [-0.4, -0.2) is 25.2 Å². The first-order valence-corrected chi connectivity index (χ1v) is 13.6. The predicted octanol–water partition coefficient (Wildman–Crippen LogP) is 6.40. The quantitative estimate of drug-likeness (QED) is 0.246. The molecule has 4 rings (SSSR count). The van der Waals surface area contributed by atoms with Gasteiger partial charge in [0.25, 0.3) is 0 Å². The largest absolute Gasteiger partial charge is 0.489 e. The first-order valence-electron chi connectivity index (χ1n) is 11.4. The van der Waals surface area contributed by atoms with Crippen LogP contribution in [-0.2, 0) is 28.0 Å². The third kappa shape index (κ3) is 7.33. The van der Waals surface area contributed by atoms with E-state index in [1.165, 1.54) is 18.2 Å². The normalized spacial score (nSPS) is 11.3. The molecule has 0 bridgehead atoms. The molecule has 9 heteroatoms. The number of nitrogens with one attached hydrogen (secondary N) is 1. The second kappa shape index (κ2) is 12.3. The Hall–Kier alpha value is -3.36. The Morgan fingerprint density at radius 3 is 2.14 bits per heavy atom. The molecule has 37 heavy (non-hydrogen) atoms. The minimum Gasteiger partial charge on any atom is -0.489 e. The highest BCUT2D eigenvalue weighted by atomic mass is 35.5. The Morgan fingerprint density at radius 1 is 0.838 bits per heavy atom. The molecule has 0 heterocycles. The summed E-state index contributed by atoms with van der Waals surface area (Å²) >= 11 is 12.3. The maximum absolute atomic E-state index is 13.4. The summed E-state index contributed by atoms with van der Waals surface area (Å²) in [5.74, 6) is 0.148. The predicted molar refractivity (Wildman–Crippen MR) is 146 cm³/mol. The van der Waals surface area contributed by atoms with Gasteiger partial charge in [-0.2, -0.15) is 4.31 Å². The van der Waals surface area contributed by atoms with Crippen molar-refractivity contribution in [2.24, 2.45) is 0 Å². The molecule has 0 aromatic heterocycles. The van der Waals surface area contributed by atoms with E-state index in [4.69, 9.17) is 27.9 Å². The first-order chi connectivity index (χ1) is 17.8. The number of sulfonamides is 1. The van der Waals surface area contributed by atoms with Crippen LogP contribution in [0, 0.1) is 0 Å². The van der Waals surface area contributed by atoms with Gasteiger partial charge < -0.3 is 10.1 Å². The molecule has 0 fully saturated rings. The first kappa shape index (κ1) is 26.7. The van der Waals surface area contributed by atoms with Gasteiger partial charge in [-0.1, -0.05) is 77.8 Å². The van der Waals surface area contributed by atoms with E-state index in [0.29, 0.717) is 33.7 Å². The molecule has 1 N–H and O–H groups in total. The summed E-state index contributed by atoms with van der Waals surface area (Å²) in [6.45, 7) is -0.0958. The van der Waals surface area contributed by atoms with Crippen molar-refractivity contribution in [1.82, 2.24) is 4.31 Å². The van der Waals surface area contributed by atoms with Crippen LogP contribution in [0.1, 0.15) is 11.1 Å². The van der Waals surface area contributed by atoms with Crippen LogP contribution in [0.15, 0.2) is 108 Å². The van der Waals surface area contributed by atoms with Crippen LogP contribution in [0.5, 0.6) is 5.75 Å². The van der Waals surface area contributed by atoms with Crippen molar-refractivity contribution in [2.45, 2.75) is 18.0 Å². The summed E-state index contributed by atoms with van der Waals surface area (Å²) in [7, 11) is -3.99. The highest BCUT2D eigenvalue weighted by molar-refractivity contribution is 7.89. The lowest BCUT2D eigenvalue weighted by atomic mass is 10.2. The van der Waals surface area contributed by atoms with Gasteiger partial charge in [-0.3, -0.25) is 4.79 Å². The summed E-state index contributed by atoms with van der Waals surface area (Å²) in [5.41, 5.74) is 2.08. The second-order valence-corrected chi connectivity index (χ2v) is 11.0. The lowest BCUT2D eigenvalue weighted by molar-refractivity contribution is -0.116. The van der Waals surface area contributed by atoms with Crippen LogP contribution in [0.25, 0.3) is 0 Å². The number of nitrogens with zero attached hydrogens (tertiary/aromatic N) is 1. The number of rotatable bonds is 10. The SMILES string of the molecule is O=C(CN(Cc1ccc(Cl)cc1Cl)S(=O)(=O)c1ccccc1)Nc1ccc(OCc2ccccc2)cc1. The number of carbonyl (C=O) groups excluding carboxylic acids is 1. The molecule has 0 aliphatic rings. The standard InChI is InChI=1S/C28H24Cl2N2O4S/c29-23-12-11-22(27(30)17-23)18-32(37(34,35)26-9-5-2-6-10-26)19-28(33)31-24-13-15-25(16-14-24)36-20-21-7-3-1-4-8-21/h1-17H,18-20H2,(H,31,33). The third-order valence-corrected chi connectivity index (χ3v) is 7.84. The minimum absolute atomic E-state index is 0.0767. The lowest BCUT2D eigenvalue weighted by Crippen LogP contribution is -2.37. The van der Waals surface area contributed by atoms with Crippen molar-refractivity contribution in [3.63, 3.8) is 0 Å². The molecule has 0 saturated heterocycles. The fraction of sp³-hybridized carbons (Fsp3) is 0.107. The average molecular weight is 555 g/mol. The molecule has 0 aliphatic carbocycles. The van der Waals surface area contributed by atoms with Gasteiger partial charge in [0.15, 0.2) is 0 Å². The van der Waals surface area contributed by atoms with E-state index in [1.807, 2.05) is 30.3 Å². The molecule has 1 amide bonds. The monoisotopic (exact) mass is 554 g/mol. The van der Waals surface area contributed by atoms with Gasteiger partial charge in [-0.25, -0.2) is 8.42 Å². The number of hydrogen-bond donors (Lipinski definition) is 1. The summed E-state index contributed by atoms with van der Waals surface area (Å²) < 4.78 is 33.7. The van der Waals surface area contributed by atoms with Crippen LogP contribution < -0.4 is 10.1 Å². The van der Waals surface area contributed by atoms with E-state index in [0.717, 1.165) is 9.87 Å². The van der Waals surface area contributed by atoms with Gasteiger partial charge in [-0.05, 0) is 59.7 Å². The molecule has 0 spiro atoms. The molecular weight excluding hydrogens is 531 g/mol. The van der Waals surface area contributed by atoms with Crippen molar-refractivity contribution in [3.8, 4) is 5.75 Å². The maximum Gasteiger partial charge on any atom is 0.243 e. The van der Waals surface area contributed by atoms with Crippen LogP contribution >= 0.6 is 23.2 Å². The highest BCUT2D eigenvalue weighted by Gasteiger charge is 2.27. The van der Waals surface area contributed by atoms with E-state index >= 15 is 0 Å². The number of carbonyl (C=O) groups is 1. The van der Waals surface area contributed by atoms with Gasteiger partial charge >= 0.3 is 0 Å². The molecule has 0 unspecified atom stereocenters. The summed E-state index contributed by atoms with van der Waals surface area (Å²) in [6.07, 6.45) is 0. The van der Waals surface area contributed by atoms with E-state index in [-0.39, 0.29) is 11.4 Å². The molecule has 4 aromatic rings. The molecule has 0 saturated carbocycles. The van der Waals surface area contributed by atoms with Crippen molar-refractivity contribution >= 4 is 44.8 Å². The molecule has 0 radical (unpaired) electrons. The number of anilines is 1. The van der Waals surface area contributed by atoms with E-state index in [1.54, 1.807) is 54.6 Å². The summed E-state index contributed by atoms with van der Waals surface area (Å²) in [4.78, 5) is 13.0. The lowest BCUT2D eigenvalue weighted by Gasteiger charge is -2.22. The van der Waals surface area contributed by atoms with Gasteiger partial charge in [0.2, 0.25) is 15.9 Å². The number of hydrogen-bond acceptors (Lipinski definition) is 4. The zero-order chi connectivity index (χ0) is 26.3. The molecule has 0 atom stereocenters. The fourth-order valence-electron chi connectivity index (χ4n) is 3.54. The zero-order valence-electron chi connectivity index (χ0n) is 19.7. The highest BCUT2D eigenvalue weighted by Crippen LogP contribution is 2.25. The fourth-order valence-corrected chi connectivity index (χ4v) is 5.41. The van der Waals surface area contributed by atoms with Crippen LogP contribution in [0.2, 0.25) is 10.0 Å².